The summed E-state index contributed by atoms with van der Waals surface area (Å²) in [4.78, 5) is 4.21. The molecule has 2 N–H and O–H groups in total. The molecule has 0 saturated heterocycles. The Kier molecular flexibility index (Phi) is 6.13. The van der Waals surface area contributed by atoms with Crippen molar-refractivity contribution in [3.05, 3.63) is 24.0 Å². The van der Waals surface area contributed by atoms with Crippen molar-refractivity contribution in [2.45, 2.75) is 47.1 Å². The quantitative estimate of drug-likeness (QED) is 0.727. The molecular weight excluding hydrogens is 222 g/mol. The first kappa shape index (κ1) is 15.0. The lowest BCUT2D eigenvalue weighted by Gasteiger charge is -2.21. The molecule has 0 aliphatic rings. The van der Waals surface area contributed by atoms with E-state index < -0.39 is 0 Å². The zero-order valence-corrected chi connectivity index (χ0v) is 12.2. The highest BCUT2D eigenvalue weighted by molar-refractivity contribution is 5.49. The van der Waals surface area contributed by atoms with E-state index in [4.69, 9.17) is 0 Å². The van der Waals surface area contributed by atoms with Gasteiger partial charge >= 0.3 is 0 Å². The van der Waals surface area contributed by atoms with E-state index >= 15 is 0 Å². The van der Waals surface area contributed by atoms with Crippen molar-refractivity contribution in [2.75, 3.05) is 18.4 Å². The number of anilines is 1. The molecule has 0 fully saturated rings. The van der Waals surface area contributed by atoms with E-state index in [0.29, 0.717) is 0 Å². The monoisotopic (exact) mass is 249 g/mol. The Labute approximate surface area is 111 Å². The van der Waals surface area contributed by atoms with Gasteiger partial charge in [0.15, 0.2) is 0 Å². The van der Waals surface area contributed by atoms with Crippen molar-refractivity contribution in [3.8, 4) is 0 Å². The molecule has 0 spiro atoms. The Bertz CT molecular complexity index is 342. The predicted octanol–water partition coefficient (Wildman–Crippen LogP) is 3.43. The van der Waals surface area contributed by atoms with Gasteiger partial charge in [-0.1, -0.05) is 34.1 Å². The first-order valence-electron chi connectivity index (χ1n) is 6.90. The van der Waals surface area contributed by atoms with Crippen LogP contribution in [0.5, 0.6) is 0 Å². The first-order valence-corrected chi connectivity index (χ1v) is 6.90. The van der Waals surface area contributed by atoms with Crippen LogP contribution in [-0.2, 0) is 6.54 Å². The maximum Gasteiger partial charge on any atom is 0.0416 e. The largest absolute Gasteiger partial charge is 0.384 e. The van der Waals surface area contributed by atoms with Crippen molar-refractivity contribution in [1.82, 2.24) is 10.3 Å². The number of rotatable bonds is 7. The lowest BCUT2D eigenvalue weighted by molar-refractivity contribution is 0.443. The van der Waals surface area contributed by atoms with E-state index in [0.717, 1.165) is 19.6 Å². The molecule has 1 rings (SSSR count). The van der Waals surface area contributed by atoms with Gasteiger partial charge in [-0.2, -0.15) is 0 Å². The molecule has 0 aromatic carbocycles. The van der Waals surface area contributed by atoms with E-state index in [1.165, 1.54) is 24.1 Å². The molecule has 18 heavy (non-hydrogen) atoms. The topological polar surface area (TPSA) is 37.0 Å². The molecule has 3 nitrogen and oxygen atoms in total. The predicted molar refractivity (Wildman–Crippen MR) is 78.8 cm³/mol. The minimum Gasteiger partial charge on any atom is -0.384 e. The van der Waals surface area contributed by atoms with Gasteiger partial charge in [-0.3, -0.25) is 4.98 Å². The van der Waals surface area contributed by atoms with Crippen LogP contribution in [0.1, 0.15) is 46.1 Å². The van der Waals surface area contributed by atoms with Crippen molar-refractivity contribution in [1.29, 1.82) is 0 Å². The molecule has 0 aliphatic heterocycles. The number of nitrogens with zero attached hydrogens (tertiary/aromatic N) is 1. The van der Waals surface area contributed by atoms with Gasteiger partial charge in [-0.05, 0) is 24.4 Å². The van der Waals surface area contributed by atoms with Crippen LogP contribution in [0.15, 0.2) is 18.5 Å². The van der Waals surface area contributed by atoms with Gasteiger partial charge in [0.2, 0.25) is 0 Å². The molecule has 1 aromatic heterocycles. The molecule has 0 amide bonds. The molecule has 0 bridgehead atoms. The molecule has 0 aliphatic carbocycles. The third kappa shape index (κ3) is 6.01. The lowest BCUT2D eigenvalue weighted by atomic mass is 9.97. The van der Waals surface area contributed by atoms with Crippen LogP contribution in [0, 0.1) is 5.41 Å². The number of unbranched alkanes of at least 4 members (excludes halogenated alkanes) is 1. The van der Waals surface area contributed by atoms with Gasteiger partial charge in [0.05, 0.1) is 0 Å². The van der Waals surface area contributed by atoms with Crippen molar-refractivity contribution in [3.63, 3.8) is 0 Å². The lowest BCUT2D eigenvalue weighted by Crippen LogP contribution is -2.21. The Hall–Kier alpha value is -1.09. The van der Waals surface area contributed by atoms with Crippen LogP contribution in [0.2, 0.25) is 0 Å². The second-order valence-electron chi connectivity index (χ2n) is 5.98. The molecule has 3 heteroatoms. The van der Waals surface area contributed by atoms with E-state index in [2.05, 4.69) is 49.4 Å². The fourth-order valence-corrected chi connectivity index (χ4v) is 1.63. The smallest absolute Gasteiger partial charge is 0.0416 e. The fourth-order valence-electron chi connectivity index (χ4n) is 1.63. The number of hydrogen-bond acceptors (Lipinski definition) is 3. The second-order valence-corrected chi connectivity index (χ2v) is 5.98. The zero-order chi connectivity index (χ0) is 13.4. The van der Waals surface area contributed by atoms with E-state index in [9.17, 15) is 0 Å². The van der Waals surface area contributed by atoms with Gasteiger partial charge < -0.3 is 10.6 Å². The number of pyridine rings is 1. The Balaban J connectivity index is 2.51. The van der Waals surface area contributed by atoms with Crippen molar-refractivity contribution >= 4 is 5.69 Å². The molecule has 0 atom stereocenters. The summed E-state index contributed by atoms with van der Waals surface area (Å²) < 4.78 is 0. The normalized spacial score (nSPS) is 11.6. The van der Waals surface area contributed by atoms with Crippen LogP contribution >= 0.6 is 0 Å². The average Bonchev–Trinajstić information content (AvgIpc) is 2.32. The SMILES string of the molecule is CCCCNCc1cnccc1NCC(C)(C)C. The van der Waals surface area contributed by atoms with Crippen molar-refractivity contribution < 1.29 is 0 Å². The minimum absolute atomic E-state index is 0.288. The maximum atomic E-state index is 4.21. The highest BCUT2D eigenvalue weighted by atomic mass is 14.9. The third-order valence-electron chi connectivity index (χ3n) is 2.74. The molecular formula is C15H27N3. The van der Waals surface area contributed by atoms with Crippen LogP contribution in [0.25, 0.3) is 0 Å². The second kappa shape index (κ2) is 7.37. The summed E-state index contributed by atoms with van der Waals surface area (Å²) in [6, 6.07) is 2.06. The molecule has 0 unspecified atom stereocenters. The van der Waals surface area contributed by atoms with Gasteiger partial charge in [-0.15, -0.1) is 0 Å². The van der Waals surface area contributed by atoms with Gasteiger partial charge in [0, 0.05) is 36.7 Å². The summed E-state index contributed by atoms with van der Waals surface area (Å²) >= 11 is 0. The summed E-state index contributed by atoms with van der Waals surface area (Å²) in [6.07, 6.45) is 6.25. The maximum absolute atomic E-state index is 4.21. The molecule has 1 heterocycles. The molecule has 102 valence electrons. The van der Waals surface area contributed by atoms with E-state index in [1.807, 2.05) is 12.4 Å². The Morgan fingerprint density at radius 1 is 1.28 bits per heavy atom. The summed E-state index contributed by atoms with van der Waals surface area (Å²) in [6.45, 7) is 11.9. The minimum atomic E-state index is 0.288. The van der Waals surface area contributed by atoms with Gasteiger partial charge in [-0.25, -0.2) is 0 Å². The van der Waals surface area contributed by atoms with Crippen LogP contribution < -0.4 is 10.6 Å². The Morgan fingerprint density at radius 2 is 2.06 bits per heavy atom. The zero-order valence-electron chi connectivity index (χ0n) is 12.2. The Morgan fingerprint density at radius 3 is 2.72 bits per heavy atom. The van der Waals surface area contributed by atoms with Crippen LogP contribution in [-0.4, -0.2) is 18.1 Å². The summed E-state index contributed by atoms with van der Waals surface area (Å²) in [7, 11) is 0. The number of nitrogens with one attached hydrogen (secondary N) is 2. The summed E-state index contributed by atoms with van der Waals surface area (Å²) in [5.41, 5.74) is 2.73. The highest BCUT2D eigenvalue weighted by Crippen LogP contribution is 2.18. The fraction of sp³-hybridized carbons (Fsp3) is 0.667. The van der Waals surface area contributed by atoms with E-state index in [-0.39, 0.29) is 5.41 Å². The van der Waals surface area contributed by atoms with Crippen LogP contribution in [0.3, 0.4) is 0 Å². The third-order valence-corrected chi connectivity index (χ3v) is 2.74. The average molecular weight is 249 g/mol. The number of hydrogen-bond donors (Lipinski definition) is 2. The standard InChI is InChI=1S/C15H27N3/c1-5-6-8-16-10-13-11-17-9-7-14(13)18-12-15(2,3)4/h7,9,11,16H,5-6,8,10,12H2,1-4H3,(H,17,18). The summed E-state index contributed by atoms with van der Waals surface area (Å²) in [5, 5.41) is 6.97. The molecule has 0 radical (unpaired) electrons. The van der Waals surface area contributed by atoms with Gasteiger partial charge in [0.1, 0.15) is 0 Å². The van der Waals surface area contributed by atoms with Gasteiger partial charge in [0.25, 0.3) is 0 Å². The van der Waals surface area contributed by atoms with Crippen molar-refractivity contribution in [2.24, 2.45) is 5.41 Å². The van der Waals surface area contributed by atoms with E-state index in [1.54, 1.807) is 0 Å². The molecule has 1 aromatic rings. The highest BCUT2D eigenvalue weighted by Gasteiger charge is 2.10. The summed E-state index contributed by atoms with van der Waals surface area (Å²) in [5.74, 6) is 0. The number of aromatic nitrogens is 1. The first-order chi connectivity index (χ1) is 8.53. The molecule has 0 saturated carbocycles. The van der Waals surface area contributed by atoms with Crippen LogP contribution in [0.4, 0.5) is 5.69 Å².